The maximum Gasteiger partial charge on any atom is 0.230 e. The molecular weight excluding hydrogens is 342 g/mol. The minimum Gasteiger partial charge on any atom is -0.342 e. The molecule has 0 N–H and O–H groups in total. The molecule has 4 heterocycles. The van der Waals surface area contributed by atoms with E-state index in [1.165, 1.54) is 0 Å². The number of likely N-dealkylation sites (tertiary alicyclic amines) is 1. The number of hydrogen-bond donors (Lipinski definition) is 0. The van der Waals surface area contributed by atoms with Crippen LogP contribution in [0, 0.1) is 0 Å². The lowest BCUT2D eigenvalue weighted by Crippen LogP contribution is -2.38. The monoisotopic (exact) mass is 359 g/mol. The van der Waals surface area contributed by atoms with Crippen molar-refractivity contribution in [3.63, 3.8) is 0 Å². The fraction of sp³-hybridized carbons (Fsp3) is 0.353. The molecular formula is C17H17N3O2S2. The van der Waals surface area contributed by atoms with Gasteiger partial charge in [0.05, 0.1) is 11.3 Å². The summed E-state index contributed by atoms with van der Waals surface area (Å²) in [6, 6.07) is 5.98. The topological polar surface area (TPSA) is 59.2 Å². The van der Waals surface area contributed by atoms with E-state index < -0.39 is 0 Å². The molecule has 3 aromatic rings. The molecule has 0 saturated carbocycles. The van der Waals surface area contributed by atoms with Gasteiger partial charge in [-0.15, -0.1) is 11.3 Å². The third kappa shape index (κ3) is 3.27. The maximum absolute atomic E-state index is 12.3. The molecule has 0 radical (unpaired) electrons. The minimum absolute atomic E-state index is 0.205. The Labute approximate surface area is 147 Å². The van der Waals surface area contributed by atoms with Crippen LogP contribution in [0.1, 0.15) is 30.2 Å². The number of hydrogen-bond acceptors (Lipinski definition) is 6. The summed E-state index contributed by atoms with van der Waals surface area (Å²) in [5.41, 5.74) is 1.10. The zero-order valence-corrected chi connectivity index (χ0v) is 14.7. The van der Waals surface area contributed by atoms with Crippen LogP contribution in [0.15, 0.2) is 38.9 Å². The normalized spacial score (nSPS) is 15.8. The van der Waals surface area contributed by atoms with Gasteiger partial charge in [0.2, 0.25) is 17.6 Å². The van der Waals surface area contributed by atoms with Crippen LogP contribution in [-0.2, 0) is 11.2 Å². The van der Waals surface area contributed by atoms with E-state index in [4.69, 9.17) is 4.52 Å². The molecule has 4 rings (SSSR count). The van der Waals surface area contributed by atoms with Crippen molar-refractivity contribution in [1.29, 1.82) is 0 Å². The molecule has 0 unspecified atom stereocenters. The van der Waals surface area contributed by atoms with Gasteiger partial charge in [-0.2, -0.15) is 16.3 Å². The van der Waals surface area contributed by atoms with Crippen LogP contribution in [0.2, 0.25) is 0 Å². The van der Waals surface area contributed by atoms with Crippen molar-refractivity contribution >= 4 is 28.6 Å². The van der Waals surface area contributed by atoms with Crippen molar-refractivity contribution in [3.8, 4) is 10.7 Å². The van der Waals surface area contributed by atoms with Gasteiger partial charge in [-0.3, -0.25) is 4.79 Å². The van der Waals surface area contributed by atoms with Crippen molar-refractivity contribution in [1.82, 2.24) is 15.0 Å². The van der Waals surface area contributed by atoms with Gasteiger partial charge < -0.3 is 9.42 Å². The summed E-state index contributed by atoms with van der Waals surface area (Å²) < 4.78 is 5.45. The Bertz CT molecular complexity index is 788. The summed E-state index contributed by atoms with van der Waals surface area (Å²) in [5, 5.41) is 10.1. The second-order valence-corrected chi connectivity index (χ2v) is 7.62. The van der Waals surface area contributed by atoms with E-state index in [-0.39, 0.29) is 11.8 Å². The van der Waals surface area contributed by atoms with E-state index in [9.17, 15) is 4.79 Å². The molecule has 0 bridgehead atoms. The molecule has 1 saturated heterocycles. The molecule has 0 aromatic carbocycles. The number of carbonyl (C=O) groups is 1. The maximum atomic E-state index is 12.3. The third-order valence-electron chi connectivity index (χ3n) is 4.32. The molecule has 124 valence electrons. The van der Waals surface area contributed by atoms with Crippen molar-refractivity contribution in [2.45, 2.75) is 25.2 Å². The largest absolute Gasteiger partial charge is 0.342 e. The summed E-state index contributed by atoms with van der Waals surface area (Å²) in [7, 11) is 0. The molecule has 5 nitrogen and oxygen atoms in total. The number of thiophene rings is 2. The van der Waals surface area contributed by atoms with Gasteiger partial charge in [-0.1, -0.05) is 11.2 Å². The first-order valence-corrected chi connectivity index (χ1v) is 9.78. The van der Waals surface area contributed by atoms with E-state index in [0.717, 1.165) is 36.4 Å². The zero-order valence-electron chi connectivity index (χ0n) is 13.1. The minimum atomic E-state index is 0.205. The highest BCUT2D eigenvalue weighted by Crippen LogP contribution is 2.29. The summed E-state index contributed by atoms with van der Waals surface area (Å²) in [6.07, 6.45) is 2.25. The lowest BCUT2D eigenvalue weighted by molar-refractivity contribution is -0.131. The number of nitrogens with zero attached hydrogens (tertiary/aromatic N) is 3. The quantitative estimate of drug-likeness (QED) is 0.711. The highest BCUT2D eigenvalue weighted by molar-refractivity contribution is 7.13. The standard InChI is InChI=1S/C17H17N3O2S2/c21-15(10-12-5-9-23-11-12)20-6-3-13(4-7-20)17-18-16(19-22-17)14-2-1-8-24-14/h1-2,5,8-9,11,13H,3-4,6-7,10H2. The highest BCUT2D eigenvalue weighted by atomic mass is 32.1. The second-order valence-electron chi connectivity index (χ2n) is 5.90. The van der Waals surface area contributed by atoms with Crippen molar-refractivity contribution in [2.24, 2.45) is 0 Å². The molecule has 1 amide bonds. The molecule has 7 heteroatoms. The van der Waals surface area contributed by atoms with Crippen LogP contribution in [0.4, 0.5) is 0 Å². The Morgan fingerprint density at radius 1 is 1.29 bits per heavy atom. The van der Waals surface area contributed by atoms with Gasteiger partial charge in [0.15, 0.2) is 0 Å². The van der Waals surface area contributed by atoms with Gasteiger partial charge >= 0.3 is 0 Å². The van der Waals surface area contributed by atoms with Crippen LogP contribution in [-0.4, -0.2) is 34.0 Å². The van der Waals surface area contributed by atoms with Crippen LogP contribution in [0.3, 0.4) is 0 Å². The van der Waals surface area contributed by atoms with Crippen molar-refractivity contribution in [3.05, 3.63) is 45.8 Å². The lowest BCUT2D eigenvalue weighted by atomic mass is 9.96. The van der Waals surface area contributed by atoms with E-state index >= 15 is 0 Å². The third-order valence-corrected chi connectivity index (χ3v) is 5.91. The summed E-state index contributed by atoms with van der Waals surface area (Å²) in [6.45, 7) is 1.51. The Morgan fingerprint density at radius 2 is 2.17 bits per heavy atom. The van der Waals surface area contributed by atoms with Crippen molar-refractivity contribution in [2.75, 3.05) is 13.1 Å². The number of rotatable bonds is 4. The molecule has 24 heavy (non-hydrogen) atoms. The first-order chi connectivity index (χ1) is 11.8. The van der Waals surface area contributed by atoms with Crippen molar-refractivity contribution < 1.29 is 9.32 Å². The molecule has 1 aliphatic rings. The second kappa shape index (κ2) is 6.86. The Kier molecular flexibility index (Phi) is 4.44. The predicted molar refractivity (Wildman–Crippen MR) is 94.2 cm³/mol. The molecule has 1 aliphatic heterocycles. The Balaban J connectivity index is 1.35. The smallest absolute Gasteiger partial charge is 0.230 e. The van der Waals surface area contributed by atoms with E-state index in [1.54, 1.807) is 22.7 Å². The number of amides is 1. The first kappa shape index (κ1) is 15.5. The van der Waals surface area contributed by atoms with E-state index in [1.807, 2.05) is 39.2 Å². The molecule has 0 atom stereocenters. The van der Waals surface area contributed by atoms with E-state index in [2.05, 4.69) is 10.1 Å². The number of piperidine rings is 1. The molecule has 0 aliphatic carbocycles. The van der Waals surface area contributed by atoms with E-state index in [0.29, 0.717) is 18.1 Å². The average Bonchev–Trinajstić information content (AvgIpc) is 3.36. The summed E-state index contributed by atoms with van der Waals surface area (Å²) in [4.78, 5) is 19.9. The number of aromatic nitrogens is 2. The molecule has 3 aromatic heterocycles. The lowest BCUT2D eigenvalue weighted by Gasteiger charge is -2.30. The Morgan fingerprint density at radius 3 is 2.88 bits per heavy atom. The SMILES string of the molecule is O=C(Cc1ccsc1)N1CCC(c2nc(-c3cccs3)no2)CC1. The van der Waals surface area contributed by atoms with Gasteiger partial charge in [-0.25, -0.2) is 0 Å². The van der Waals surface area contributed by atoms with Gasteiger partial charge in [0.1, 0.15) is 0 Å². The van der Waals surface area contributed by atoms with Crippen LogP contribution in [0.5, 0.6) is 0 Å². The van der Waals surface area contributed by atoms with Crippen LogP contribution >= 0.6 is 22.7 Å². The fourth-order valence-corrected chi connectivity index (χ4v) is 4.28. The molecule has 1 fully saturated rings. The summed E-state index contributed by atoms with van der Waals surface area (Å²) >= 11 is 3.23. The number of carbonyl (C=O) groups excluding carboxylic acids is 1. The van der Waals surface area contributed by atoms with Gasteiger partial charge in [0.25, 0.3) is 0 Å². The van der Waals surface area contributed by atoms with Gasteiger partial charge in [0, 0.05) is 19.0 Å². The Hall–Kier alpha value is -1.99. The van der Waals surface area contributed by atoms with Crippen LogP contribution in [0.25, 0.3) is 10.7 Å². The highest BCUT2D eigenvalue weighted by Gasteiger charge is 2.27. The predicted octanol–water partition coefficient (Wildman–Crippen LogP) is 3.81. The van der Waals surface area contributed by atoms with Crippen LogP contribution < -0.4 is 0 Å². The molecule has 0 spiro atoms. The first-order valence-electron chi connectivity index (χ1n) is 7.96. The average molecular weight is 359 g/mol. The van der Waals surface area contributed by atoms with Gasteiger partial charge in [-0.05, 0) is 46.7 Å². The fourth-order valence-electron chi connectivity index (χ4n) is 2.96. The zero-order chi connectivity index (χ0) is 16.4. The summed E-state index contributed by atoms with van der Waals surface area (Å²) in [5.74, 6) is 1.81.